The van der Waals surface area contributed by atoms with Crippen molar-refractivity contribution in [2.45, 2.75) is 38.2 Å². The minimum absolute atomic E-state index is 0.0951. The number of rotatable bonds is 8. The van der Waals surface area contributed by atoms with Gasteiger partial charge in [0.15, 0.2) is 5.60 Å². The SMILES string of the molecule is CC(c1ccc(Cl)cc1)C(CNC(=O)C(C)(C)Oc1ccc(Cl)cc1)c1ccccc1. The fraction of sp³-hybridized carbons (Fsp3) is 0.269. The van der Waals surface area contributed by atoms with Crippen molar-refractivity contribution in [2.24, 2.45) is 0 Å². The number of hydrogen-bond donors (Lipinski definition) is 1. The Labute approximate surface area is 194 Å². The molecule has 162 valence electrons. The van der Waals surface area contributed by atoms with Crippen LogP contribution in [0, 0.1) is 0 Å². The van der Waals surface area contributed by atoms with E-state index in [9.17, 15) is 4.79 Å². The number of carbonyl (C=O) groups excluding carboxylic acids is 1. The highest BCUT2D eigenvalue weighted by molar-refractivity contribution is 6.30. The van der Waals surface area contributed by atoms with Crippen molar-refractivity contribution >= 4 is 29.1 Å². The van der Waals surface area contributed by atoms with Crippen molar-refractivity contribution in [3.63, 3.8) is 0 Å². The van der Waals surface area contributed by atoms with Gasteiger partial charge in [0.2, 0.25) is 0 Å². The van der Waals surface area contributed by atoms with E-state index in [4.69, 9.17) is 27.9 Å². The minimum Gasteiger partial charge on any atom is -0.478 e. The van der Waals surface area contributed by atoms with Crippen molar-refractivity contribution in [2.75, 3.05) is 6.54 Å². The van der Waals surface area contributed by atoms with Gasteiger partial charge in [-0.1, -0.05) is 72.6 Å². The van der Waals surface area contributed by atoms with Gasteiger partial charge in [0.05, 0.1) is 0 Å². The van der Waals surface area contributed by atoms with Crippen LogP contribution < -0.4 is 10.1 Å². The molecule has 3 rings (SSSR count). The molecule has 0 aliphatic heterocycles. The molecule has 0 saturated heterocycles. The van der Waals surface area contributed by atoms with Crippen molar-refractivity contribution in [3.8, 4) is 5.75 Å². The Bertz CT molecular complexity index is 986. The first kappa shape index (κ1) is 23.2. The van der Waals surface area contributed by atoms with Gasteiger partial charge in [-0.25, -0.2) is 0 Å². The van der Waals surface area contributed by atoms with Crippen LogP contribution in [0.2, 0.25) is 10.0 Å². The Morgan fingerprint density at radius 2 is 1.42 bits per heavy atom. The molecule has 5 heteroatoms. The molecule has 0 fully saturated rings. The molecule has 3 nitrogen and oxygen atoms in total. The van der Waals surface area contributed by atoms with Crippen LogP contribution in [0.25, 0.3) is 0 Å². The van der Waals surface area contributed by atoms with E-state index in [2.05, 4.69) is 24.4 Å². The second kappa shape index (κ2) is 10.2. The van der Waals surface area contributed by atoms with Crippen LogP contribution in [0.15, 0.2) is 78.9 Å². The first-order valence-electron chi connectivity index (χ1n) is 10.3. The summed E-state index contributed by atoms with van der Waals surface area (Å²) in [5, 5.41) is 4.43. The summed E-state index contributed by atoms with van der Waals surface area (Å²) >= 11 is 12.0. The number of ether oxygens (including phenoxy) is 1. The van der Waals surface area contributed by atoms with E-state index in [1.54, 1.807) is 38.1 Å². The predicted molar refractivity (Wildman–Crippen MR) is 128 cm³/mol. The smallest absolute Gasteiger partial charge is 0.263 e. The molecule has 2 unspecified atom stereocenters. The first-order valence-corrected chi connectivity index (χ1v) is 11.0. The number of amides is 1. The molecule has 0 aliphatic rings. The van der Waals surface area contributed by atoms with E-state index < -0.39 is 5.60 Å². The third-order valence-corrected chi connectivity index (χ3v) is 5.95. The summed E-state index contributed by atoms with van der Waals surface area (Å²) in [5.74, 6) is 0.697. The van der Waals surface area contributed by atoms with E-state index in [1.165, 1.54) is 11.1 Å². The third kappa shape index (κ3) is 6.25. The van der Waals surface area contributed by atoms with Crippen LogP contribution >= 0.6 is 23.2 Å². The normalized spacial score (nSPS) is 13.3. The average Bonchev–Trinajstić information content (AvgIpc) is 2.76. The maximum atomic E-state index is 13.0. The molecule has 0 saturated carbocycles. The largest absolute Gasteiger partial charge is 0.478 e. The monoisotopic (exact) mass is 455 g/mol. The lowest BCUT2D eigenvalue weighted by Crippen LogP contribution is -2.47. The lowest BCUT2D eigenvalue weighted by Gasteiger charge is -2.29. The first-order chi connectivity index (χ1) is 14.8. The fourth-order valence-corrected chi connectivity index (χ4v) is 3.79. The lowest BCUT2D eigenvalue weighted by atomic mass is 9.82. The maximum absolute atomic E-state index is 13.0. The number of benzene rings is 3. The summed E-state index contributed by atoms with van der Waals surface area (Å²) in [7, 11) is 0. The molecular formula is C26H27Cl2NO2. The molecule has 0 aromatic heterocycles. The molecule has 2 atom stereocenters. The molecule has 0 radical (unpaired) electrons. The molecular weight excluding hydrogens is 429 g/mol. The standard InChI is InChI=1S/C26H27Cl2NO2/c1-18(19-9-11-21(27)12-10-19)24(20-7-5-4-6-8-20)17-29-25(30)26(2,3)31-23-15-13-22(28)14-16-23/h4-16,18,24H,17H2,1-3H3,(H,29,30). The molecule has 31 heavy (non-hydrogen) atoms. The molecule has 0 heterocycles. The zero-order valence-electron chi connectivity index (χ0n) is 17.9. The van der Waals surface area contributed by atoms with Gasteiger partial charge < -0.3 is 10.1 Å². The average molecular weight is 456 g/mol. The van der Waals surface area contributed by atoms with Gasteiger partial charge in [-0.2, -0.15) is 0 Å². The van der Waals surface area contributed by atoms with Gasteiger partial charge in [0, 0.05) is 22.5 Å². The molecule has 0 bridgehead atoms. The molecule has 3 aromatic rings. The van der Waals surface area contributed by atoms with Crippen molar-refractivity contribution in [1.82, 2.24) is 5.32 Å². The van der Waals surface area contributed by atoms with Gasteiger partial charge >= 0.3 is 0 Å². The van der Waals surface area contributed by atoms with Crippen molar-refractivity contribution in [3.05, 3.63) is 100 Å². The van der Waals surface area contributed by atoms with Crippen molar-refractivity contribution in [1.29, 1.82) is 0 Å². The Balaban J connectivity index is 1.74. The van der Waals surface area contributed by atoms with E-state index in [-0.39, 0.29) is 17.7 Å². The highest BCUT2D eigenvalue weighted by atomic mass is 35.5. The number of carbonyl (C=O) groups is 1. The molecule has 1 amide bonds. The molecule has 3 aromatic carbocycles. The summed E-state index contributed by atoms with van der Waals surface area (Å²) in [6, 6.07) is 25.1. The zero-order chi connectivity index (χ0) is 22.4. The topological polar surface area (TPSA) is 38.3 Å². The van der Waals surface area contributed by atoms with Gasteiger partial charge in [0.1, 0.15) is 5.75 Å². The van der Waals surface area contributed by atoms with Gasteiger partial charge in [-0.15, -0.1) is 0 Å². The highest BCUT2D eigenvalue weighted by Gasteiger charge is 2.31. The van der Waals surface area contributed by atoms with Gasteiger partial charge in [0.25, 0.3) is 5.91 Å². The Hall–Kier alpha value is -2.49. The number of halogens is 2. The summed E-state index contributed by atoms with van der Waals surface area (Å²) in [4.78, 5) is 13.0. The van der Waals surface area contributed by atoms with E-state index in [0.29, 0.717) is 22.3 Å². The quantitative estimate of drug-likeness (QED) is 0.402. The molecule has 1 N–H and O–H groups in total. The predicted octanol–water partition coefficient (Wildman–Crippen LogP) is 6.85. The van der Waals surface area contributed by atoms with Crippen LogP contribution in [0.3, 0.4) is 0 Å². The summed E-state index contributed by atoms with van der Waals surface area (Å²) in [6.07, 6.45) is 0. The van der Waals surface area contributed by atoms with Crippen LogP contribution in [-0.4, -0.2) is 18.1 Å². The highest BCUT2D eigenvalue weighted by Crippen LogP contribution is 2.33. The van der Waals surface area contributed by atoms with Crippen LogP contribution in [0.5, 0.6) is 5.75 Å². The van der Waals surface area contributed by atoms with E-state index >= 15 is 0 Å². The molecule has 0 spiro atoms. The summed E-state index contributed by atoms with van der Waals surface area (Å²) in [6.45, 7) is 6.18. The second-order valence-corrected chi connectivity index (χ2v) is 9.01. The Morgan fingerprint density at radius 3 is 2.00 bits per heavy atom. The fourth-order valence-electron chi connectivity index (χ4n) is 3.54. The number of nitrogens with one attached hydrogen (secondary N) is 1. The van der Waals surface area contributed by atoms with Crippen molar-refractivity contribution < 1.29 is 9.53 Å². The molecule has 0 aliphatic carbocycles. The zero-order valence-corrected chi connectivity index (χ0v) is 19.5. The maximum Gasteiger partial charge on any atom is 0.263 e. The van der Waals surface area contributed by atoms with Crippen LogP contribution in [0.4, 0.5) is 0 Å². The van der Waals surface area contributed by atoms with Crippen LogP contribution in [0.1, 0.15) is 43.7 Å². The van der Waals surface area contributed by atoms with E-state index in [0.717, 1.165) is 0 Å². The van der Waals surface area contributed by atoms with E-state index in [1.807, 2.05) is 42.5 Å². The minimum atomic E-state index is -1.03. The summed E-state index contributed by atoms with van der Waals surface area (Å²) < 4.78 is 5.93. The number of hydrogen-bond acceptors (Lipinski definition) is 2. The third-order valence-electron chi connectivity index (χ3n) is 5.44. The lowest BCUT2D eigenvalue weighted by molar-refractivity contribution is -0.134. The second-order valence-electron chi connectivity index (χ2n) is 8.13. The van der Waals surface area contributed by atoms with Crippen LogP contribution in [-0.2, 0) is 4.79 Å². The Kier molecular flexibility index (Phi) is 7.64. The summed E-state index contributed by atoms with van der Waals surface area (Å²) in [5.41, 5.74) is 1.31. The van der Waals surface area contributed by atoms with Gasteiger partial charge in [-0.05, 0) is 67.3 Å². The Morgan fingerprint density at radius 1 is 0.871 bits per heavy atom. The van der Waals surface area contributed by atoms with Gasteiger partial charge in [-0.3, -0.25) is 4.79 Å².